The Bertz CT molecular complexity index is 566. The molecular formula is C16H22F3N3OS. The third-order valence-electron chi connectivity index (χ3n) is 4.06. The number of rotatable bonds is 5. The Kier molecular flexibility index (Phi) is 6.51. The van der Waals surface area contributed by atoms with Crippen molar-refractivity contribution in [1.29, 1.82) is 0 Å². The Hall–Kier alpha value is -1.28. The number of likely N-dealkylation sites (tertiary alicyclic amines) is 1. The molecule has 1 unspecified atom stereocenters. The summed E-state index contributed by atoms with van der Waals surface area (Å²) in [5, 5.41) is 2.46. The minimum Gasteiger partial charge on any atom is -0.352 e. The number of hydrogen-bond acceptors (Lipinski definition) is 4. The van der Waals surface area contributed by atoms with Crippen LogP contribution in [0.15, 0.2) is 23.4 Å². The second-order valence-electron chi connectivity index (χ2n) is 6.21. The van der Waals surface area contributed by atoms with Crippen LogP contribution in [-0.2, 0) is 0 Å². The number of carbonyl (C=O) groups is 1. The molecule has 134 valence electrons. The molecule has 0 radical (unpaired) electrons. The van der Waals surface area contributed by atoms with E-state index in [1.165, 1.54) is 18.3 Å². The Morgan fingerprint density at radius 3 is 2.92 bits per heavy atom. The average Bonchev–Trinajstić information content (AvgIpc) is 2.52. The van der Waals surface area contributed by atoms with Crippen LogP contribution in [0.3, 0.4) is 0 Å². The third kappa shape index (κ3) is 5.66. The molecule has 1 aromatic heterocycles. The number of halogens is 3. The van der Waals surface area contributed by atoms with Gasteiger partial charge in [-0.2, -0.15) is 13.2 Å². The maximum absolute atomic E-state index is 12.6. The van der Waals surface area contributed by atoms with Gasteiger partial charge >= 0.3 is 5.51 Å². The zero-order chi connectivity index (χ0) is 17.7. The highest BCUT2D eigenvalue weighted by atomic mass is 32.2. The number of aromatic nitrogens is 1. The minimum atomic E-state index is -4.47. The first-order chi connectivity index (χ1) is 11.3. The molecule has 8 heteroatoms. The van der Waals surface area contributed by atoms with Gasteiger partial charge < -0.3 is 10.2 Å². The molecule has 4 nitrogen and oxygen atoms in total. The lowest BCUT2D eigenvalue weighted by Gasteiger charge is -2.35. The largest absolute Gasteiger partial charge is 0.447 e. The molecule has 0 saturated carbocycles. The minimum absolute atomic E-state index is 0.0312. The molecule has 1 aromatic rings. The van der Waals surface area contributed by atoms with Crippen molar-refractivity contribution in [3.63, 3.8) is 0 Å². The fourth-order valence-corrected chi connectivity index (χ4v) is 3.42. The molecule has 0 aromatic carbocycles. The van der Waals surface area contributed by atoms with E-state index in [0.29, 0.717) is 18.5 Å². The van der Waals surface area contributed by atoms with Crippen molar-refractivity contribution in [2.24, 2.45) is 5.92 Å². The number of pyridine rings is 1. The summed E-state index contributed by atoms with van der Waals surface area (Å²) in [5.41, 5.74) is -4.50. The highest BCUT2D eigenvalue weighted by Gasteiger charge is 2.32. The second kappa shape index (κ2) is 8.20. The van der Waals surface area contributed by atoms with Crippen molar-refractivity contribution >= 4 is 17.7 Å². The van der Waals surface area contributed by atoms with Crippen molar-refractivity contribution in [2.45, 2.75) is 43.3 Å². The average molecular weight is 361 g/mol. The van der Waals surface area contributed by atoms with E-state index >= 15 is 0 Å². The van der Waals surface area contributed by atoms with Crippen molar-refractivity contribution < 1.29 is 18.0 Å². The van der Waals surface area contributed by atoms with E-state index in [1.807, 2.05) is 0 Å². The molecule has 1 aliphatic rings. The van der Waals surface area contributed by atoms with Crippen LogP contribution in [0, 0.1) is 5.92 Å². The van der Waals surface area contributed by atoms with E-state index in [4.69, 9.17) is 0 Å². The Morgan fingerprint density at radius 2 is 2.25 bits per heavy atom. The molecule has 1 atom stereocenters. The van der Waals surface area contributed by atoms with Gasteiger partial charge in [0.1, 0.15) is 5.03 Å². The van der Waals surface area contributed by atoms with E-state index in [2.05, 4.69) is 29.0 Å². The molecule has 2 heterocycles. The molecule has 1 saturated heterocycles. The highest BCUT2D eigenvalue weighted by Crippen LogP contribution is 2.37. The van der Waals surface area contributed by atoms with Crippen LogP contribution < -0.4 is 5.32 Å². The zero-order valence-corrected chi connectivity index (χ0v) is 14.6. The van der Waals surface area contributed by atoms with Crippen molar-refractivity contribution in [2.75, 3.05) is 19.6 Å². The predicted molar refractivity (Wildman–Crippen MR) is 87.9 cm³/mol. The number of hydrogen-bond donors (Lipinski definition) is 1. The molecule has 0 aliphatic carbocycles. The normalized spacial score (nSPS) is 19.5. The maximum Gasteiger partial charge on any atom is 0.447 e. The summed E-state index contributed by atoms with van der Waals surface area (Å²) in [6, 6.07) is 3.30. The summed E-state index contributed by atoms with van der Waals surface area (Å²) < 4.78 is 37.7. The van der Waals surface area contributed by atoms with E-state index in [-0.39, 0.29) is 22.4 Å². The van der Waals surface area contributed by atoms with Gasteiger partial charge in [-0.3, -0.25) is 4.79 Å². The van der Waals surface area contributed by atoms with Gasteiger partial charge in [0.05, 0.1) is 5.56 Å². The lowest BCUT2D eigenvalue weighted by atomic mass is 9.97. The van der Waals surface area contributed by atoms with Crippen molar-refractivity contribution in [3.05, 3.63) is 23.9 Å². The van der Waals surface area contributed by atoms with Crippen LogP contribution in [0.2, 0.25) is 0 Å². The molecule has 1 aliphatic heterocycles. The van der Waals surface area contributed by atoms with E-state index in [1.54, 1.807) is 0 Å². The lowest BCUT2D eigenvalue weighted by molar-refractivity contribution is -0.0329. The Morgan fingerprint density at radius 1 is 1.50 bits per heavy atom. The molecule has 1 fully saturated rings. The Labute approximate surface area is 144 Å². The summed E-state index contributed by atoms with van der Waals surface area (Å²) in [6.45, 7) is 6.69. The number of carbonyl (C=O) groups excluding carboxylic acids is 1. The smallest absolute Gasteiger partial charge is 0.352 e. The van der Waals surface area contributed by atoms with E-state index in [0.717, 1.165) is 25.9 Å². The summed E-state index contributed by atoms with van der Waals surface area (Å²) in [4.78, 5) is 18.3. The van der Waals surface area contributed by atoms with Crippen LogP contribution in [-0.4, -0.2) is 47.0 Å². The van der Waals surface area contributed by atoms with E-state index < -0.39 is 11.4 Å². The van der Waals surface area contributed by atoms with Gasteiger partial charge in [0, 0.05) is 37.1 Å². The van der Waals surface area contributed by atoms with Gasteiger partial charge in [-0.15, -0.1) is 0 Å². The monoisotopic (exact) mass is 361 g/mol. The third-order valence-corrected chi connectivity index (χ3v) is 4.81. The maximum atomic E-state index is 12.6. The van der Waals surface area contributed by atoms with Gasteiger partial charge in [0.15, 0.2) is 0 Å². The molecule has 0 spiro atoms. The fraction of sp³-hybridized carbons (Fsp3) is 0.625. The second-order valence-corrected chi connectivity index (χ2v) is 7.26. The Balaban J connectivity index is 1.95. The SMILES string of the molecule is CC(C)N1CCCC(CNC(=O)c2cccnc2SC(F)(F)F)C1. The predicted octanol–water partition coefficient (Wildman–Crippen LogP) is 3.54. The van der Waals surface area contributed by atoms with Crippen molar-refractivity contribution in [1.82, 2.24) is 15.2 Å². The number of nitrogens with zero attached hydrogens (tertiary/aromatic N) is 2. The first kappa shape index (κ1) is 19.1. The molecule has 1 amide bonds. The van der Waals surface area contributed by atoms with E-state index in [9.17, 15) is 18.0 Å². The first-order valence-electron chi connectivity index (χ1n) is 7.99. The number of alkyl halides is 3. The standard InChI is InChI=1S/C16H22F3N3OS/c1-11(2)22-8-4-5-12(10-22)9-21-14(23)13-6-3-7-20-15(13)24-16(17,18)19/h3,6-7,11-12H,4-5,8-10H2,1-2H3,(H,21,23). The summed E-state index contributed by atoms with van der Waals surface area (Å²) in [5.74, 6) is -0.183. The number of thioether (sulfide) groups is 1. The lowest BCUT2D eigenvalue weighted by Crippen LogP contribution is -2.43. The van der Waals surface area contributed by atoms with Crippen molar-refractivity contribution in [3.8, 4) is 0 Å². The molecule has 1 N–H and O–H groups in total. The molecule has 0 bridgehead atoms. The van der Waals surface area contributed by atoms with Gasteiger partial charge in [-0.05, 0) is 51.3 Å². The fourth-order valence-electron chi connectivity index (χ4n) is 2.82. The first-order valence-corrected chi connectivity index (χ1v) is 8.81. The van der Waals surface area contributed by atoms with Crippen LogP contribution >= 0.6 is 11.8 Å². The van der Waals surface area contributed by atoms with Gasteiger partial charge in [-0.1, -0.05) is 0 Å². The number of piperidine rings is 1. The van der Waals surface area contributed by atoms with Crippen LogP contribution in [0.5, 0.6) is 0 Å². The molecule has 24 heavy (non-hydrogen) atoms. The van der Waals surface area contributed by atoms with Gasteiger partial charge in [-0.25, -0.2) is 4.98 Å². The topological polar surface area (TPSA) is 45.2 Å². The zero-order valence-electron chi connectivity index (χ0n) is 13.8. The molecular weight excluding hydrogens is 339 g/mol. The summed E-state index contributed by atoms with van der Waals surface area (Å²) >= 11 is -0.359. The summed E-state index contributed by atoms with van der Waals surface area (Å²) in [7, 11) is 0. The molecule has 2 rings (SSSR count). The van der Waals surface area contributed by atoms with Gasteiger partial charge in [0.25, 0.3) is 5.91 Å². The quantitative estimate of drug-likeness (QED) is 0.815. The highest BCUT2D eigenvalue weighted by molar-refractivity contribution is 8.00. The summed E-state index contributed by atoms with van der Waals surface area (Å²) in [6.07, 6.45) is 3.34. The van der Waals surface area contributed by atoms with Crippen LogP contribution in [0.4, 0.5) is 13.2 Å². The van der Waals surface area contributed by atoms with Gasteiger partial charge in [0.2, 0.25) is 0 Å². The number of amides is 1. The van der Waals surface area contributed by atoms with Crippen LogP contribution in [0.1, 0.15) is 37.0 Å². The van der Waals surface area contributed by atoms with Crippen LogP contribution in [0.25, 0.3) is 0 Å². The number of nitrogens with one attached hydrogen (secondary N) is 1.